The van der Waals surface area contributed by atoms with Crippen LogP contribution in [0, 0.1) is 0 Å². The summed E-state index contributed by atoms with van der Waals surface area (Å²) >= 11 is 11.9. The largest absolute Gasteiger partial charge is 0.484 e. The Morgan fingerprint density at radius 3 is 2.36 bits per heavy atom. The van der Waals surface area contributed by atoms with Gasteiger partial charge in [0, 0.05) is 29.7 Å². The van der Waals surface area contributed by atoms with E-state index in [1.165, 1.54) is 11.0 Å². The number of ether oxygens (including phenoxy) is 1. The third-order valence-electron chi connectivity index (χ3n) is 3.38. The van der Waals surface area contributed by atoms with Gasteiger partial charge in [0.25, 0.3) is 5.91 Å². The highest BCUT2D eigenvalue weighted by atomic mass is 35.5. The molecule has 2 aromatic carbocycles. The number of carbonyl (C=O) groups excluding carboxylic acids is 2. The summed E-state index contributed by atoms with van der Waals surface area (Å²) < 4.78 is 5.37. The minimum atomic E-state index is -0.165. The molecule has 0 saturated heterocycles. The summed E-state index contributed by atoms with van der Waals surface area (Å²) in [6.45, 7) is -0.0464. The maximum absolute atomic E-state index is 12.2. The number of likely N-dealkylation sites (N-methyl/N-ethyl adjacent to an activating group) is 1. The molecule has 0 unspecified atom stereocenters. The number of carbonyl (C=O) groups is 2. The maximum Gasteiger partial charge on any atom is 0.259 e. The van der Waals surface area contributed by atoms with Gasteiger partial charge in [-0.1, -0.05) is 29.3 Å². The lowest BCUT2D eigenvalue weighted by atomic mass is 10.1. The Labute approximate surface area is 156 Å². The van der Waals surface area contributed by atoms with Gasteiger partial charge >= 0.3 is 0 Å². The molecule has 2 rings (SSSR count). The van der Waals surface area contributed by atoms with E-state index in [0.717, 1.165) is 0 Å². The van der Waals surface area contributed by atoms with E-state index in [4.69, 9.17) is 27.9 Å². The van der Waals surface area contributed by atoms with Crippen LogP contribution in [-0.4, -0.2) is 37.3 Å². The molecule has 0 spiro atoms. The number of amides is 1. The molecule has 130 valence electrons. The van der Waals surface area contributed by atoms with Crippen LogP contribution in [0.3, 0.4) is 0 Å². The normalized spacial score (nSPS) is 10.7. The fourth-order valence-corrected chi connectivity index (χ4v) is 2.36. The maximum atomic E-state index is 12.2. The average Bonchev–Trinajstić information content (AvgIpc) is 2.59. The van der Waals surface area contributed by atoms with Crippen molar-refractivity contribution in [2.24, 2.45) is 0 Å². The molecule has 0 N–H and O–H groups in total. The number of ketones is 1. The highest BCUT2D eigenvalue weighted by molar-refractivity contribution is 6.35. The van der Waals surface area contributed by atoms with Crippen molar-refractivity contribution in [1.29, 1.82) is 0 Å². The Kier molecular flexibility index (Phi) is 6.62. The van der Waals surface area contributed by atoms with Crippen molar-refractivity contribution in [2.45, 2.75) is 0 Å². The molecule has 0 aromatic heterocycles. The van der Waals surface area contributed by atoms with Crippen LogP contribution in [0.1, 0.15) is 15.9 Å². The molecule has 0 fully saturated rings. The number of nitrogens with zero attached hydrogens (tertiary/aromatic N) is 1. The summed E-state index contributed by atoms with van der Waals surface area (Å²) in [4.78, 5) is 25.1. The molecule has 0 saturated carbocycles. The molecule has 25 heavy (non-hydrogen) atoms. The number of benzene rings is 2. The molecule has 4 nitrogen and oxygen atoms in total. The van der Waals surface area contributed by atoms with Gasteiger partial charge < -0.3 is 9.64 Å². The minimum Gasteiger partial charge on any atom is -0.484 e. The zero-order valence-corrected chi connectivity index (χ0v) is 15.3. The van der Waals surface area contributed by atoms with Gasteiger partial charge in [-0.3, -0.25) is 9.59 Å². The Bertz CT molecular complexity index is 799. The van der Waals surface area contributed by atoms with Crippen LogP contribution in [0.2, 0.25) is 10.0 Å². The summed E-state index contributed by atoms with van der Waals surface area (Å²) in [5, 5.41) is 1.02. The molecule has 0 bridgehead atoms. The standard InChI is InChI=1S/C19H17Cl2NO3/c1-22(2)19(24)12-25-16-8-4-14(5-9-16)18(23)10-6-13-3-7-15(20)11-17(13)21/h3-11H,12H2,1-2H3. The lowest BCUT2D eigenvalue weighted by Gasteiger charge is -2.11. The zero-order chi connectivity index (χ0) is 18.4. The molecule has 2 aromatic rings. The molecule has 0 aliphatic rings. The summed E-state index contributed by atoms with van der Waals surface area (Å²) in [5.74, 6) is 0.223. The topological polar surface area (TPSA) is 46.6 Å². The number of rotatable bonds is 6. The number of hydrogen-bond donors (Lipinski definition) is 0. The molecule has 1 amide bonds. The minimum absolute atomic E-state index is 0.0464. The first kappa shape index (κ1) is 19.0. The van der Waals surface area contributed by atoms with Crippen LogP contribution < -0.4 is 4.74 Å². The monoisotopic (exact) mass is 377 g/mol. The smallest absolute Gasteiger partial charge is 0.259 e. The van der Waals surface area contributed by atoms with Crippen molar-refractivity contribution < 1.29 is 14.3 Å². The van der Waals surface area contributed by atoms with Gasteiger partial charge in [-0.25, -0.2) is 0 Å². The van der Waals surface area contributed by atoms with Crippen LogP contribution in [0.25, 0.3) is 6.08 Å². The van der Waals surface area contributed by atoms with E-state index < -0.39 is 0 Å². The van der Waals surface area contributed by atoms with Gasteiger partial charge in [0.2, 0.25) is 0 Å². The van der Waals surface area contributed by atoms with E-state index in [2.05, 4.69) is 0 Å². The first-order valence-electron chi connectivity index (χ1n) is 7.47. The summed E-state index contributed by atoms with van der Waals surface area (Å²) in [5.41, 5.74) is 1.22. The van der Waals surface area contributed by atoms with E-state index in [1.807, 2.05) is 0 Å². The van der Waals surface area contributed by atoms with Gasteiger partial charge in [0.1, 0.15) is 5.75 Å². The summed E-state index contributed by atoms with van der Waals surface area (Å²) in [6.07, 6.45) is 3.09. The van der Waals surface area contributed by atoms with Crippen molar-refractivity contribution in [3.05, 3.63) is 69.7 Å². The van der Waals surface area contributed by atoms with E-state index in [0.29, 0.717) is 26.9 Å². The molecule has 6 heteroatoms. The van der Waals surface area contributed by atoms with Crippen molar-refractivity contribution in [1.82, 2.24) is 4.90 Å². The van der Waals surface area contributed by atoms with Crippen LogP contribution in [-0.2, 0) is 4.79 Å². The highest BCUT2D eigenvalue weighted by Gasteiger charge is 2.06. The van der Waals surface area contributed by atoms with Gasteiger partial charge in [-0.2, -0.15) is 0 Å². The number of halogens is 2. The third kappa shape index (κ3) is 5.62. The molecular formula is C19H17Cl2NO3. The lowest BCUT2D eigenvalue weighted by Crippen LogP contribution is -2.27. The first-order valence-corrected chi connectivity index (χ1v) is 8.23. The second-order valence-corrected chi connectivity index (χ2v) is 6.31. The van der Waals surface area contributed by atoms with E-state index in [-0.39, 0.29) is 18.3 Å². The quantitative estimate of drug-likeness (QED) is 0.555. The Morgan fingerprint density at radius 1 is 1.08 bits per heavy atom. The Balaban J connectivity index is 2.00. The number of allylic oxidation sites excluding steroid dienone is 1. The fourth-order valence-electron chi connectivity index (χ4n) is 1.89. The van der Waals surface area contributed by atoms with Crippen molar-refractivity contribution in [2.75, 3.05) is 20.7 Å². The van der Waals surface area contributed by atoms with Crippen molar-refractivity contribution in [3.63, 3.8) is 0 Å². The molecule has 0 aliphatic heterocycles. The predicted octanol–water partition coefficient (Wildman–Crippen LogP) is 4.36. The van der Waals surface area contributed by atoms with Crippen LogP contribution in [0.15, 0.2) is 48.5 Å². The SMILES string of the molecule is CN(C)C(=O)COc1ccc(C(=O)C=Cc2ccc(Cl)cc2Cl)cc1. The van der Waals surface area contributed by atoms with Gasteiger partial charge in [-0.05, 0) is 54.1 Å². The van der Waals surface area contributed by atoms with E-state index in [9.17, 15) is 9.59 Å². The molecule has 0 aliphatic carbocycles. The predicted molar refractivity (Wildman–Crippen MR) is 100 cm³/mol. The molecule has 0 heterocycles. The highest BCUT2D eigenvalue weighted by Crippen LogP contribution is 2.22. The van der Waals surface area contributed by atoms with Crippen molar-refractivity contribution in [3.8, 4) is 5.75 Å². The van der Waals surface area contributed by atoms with Gasteiger partial charge in [0.15, 0.2) is 12.4 Å². The second-order valence-electron chi connectivity index (χ2n) is 5.46. The summed E-state index contributed by atoms with van der Waals surface area (Å²) in [6, 6.07) is 11.7. The summed E-state index contributed by atoms with van der Waals surface area (Å²) in [7, 11) is 3.32. The van der Waals surface area contributed by atoms with Crippen LogP contribution in [0.4, 0.5) is 0 Å². The van der Waals surface area contributed by atoms with E-state index >= 15 is 0 Å². The average molecular weight is 378 g/mol. The zero-order valence-electron chi connectivity index (χ0n) is 13.8. The molecule has 0 radical (unpaired) electrons. The lowest BCUT2D eigenvalue weighted by molar-refractivity contribution is -0.130. The van der Waals surface area contributed by atoms with Crippen LogP contribution >= 0.6 is 23.2 Å². The van der Waals surface area contributed by atoms with Gasteiger partial charge in [0.05, 0.1) is 0 Å². The molecular weight excluding hydrogens is 361 g/mol. The Hall–Kier alpha value is -2.30. The van der Waals surface area contributed by atoms with Crippen LogP contribution in [0.5, 0.6) is 5.75 Å². The van der Waals surface area contributed by atoms with Crippen molar-refractivity contribution >= 4 is 41.0 Å². The second kappa shape index (κ2) is 8.70. The molecule has 0 atom stereocenters. The first-order chi connectivity index (χ1) is 11.9. The van der Waals surface area contributed by atoms with Gasteiger partial charge in [-0.15, -0.1) is 0 Å². The Morgan fingerprint density at radius 2 is 1.76 bits per heavy atom. The number of hydrogen-bond acceptors (Lipinski definition) is 3. The third-order valence-corrected chi connectivity index (χ3v) is 3.94. The van der Waals surface area contributed by atoms with E-state index in [1.54, 1.807) is 62.6 Å². The fraction of sp³-hybridized carbons (Fsp3) is 0.158.